The number of rotatable bonds is 6. The SMILES string of the molecule is CN(C)CCN(C(=O)Cn1cc(N)cn1)C1CCCC1. The lowest BCUT2D eigenvalue weighted by atomic mass is 10.2. The van der Waals surface area contributed by atoms with Gasteiger partial charge in [0, 0.05) is 25.3 Å². The summed E-state index contributed by atoms with van der Waals surface area (Å²) in [6.45, 7) is 1.96. The highest BCUT2D eigenvalue weighted by molar-refractivity contribution is 5.76. The maximum absolute atomic E-state index is 12.5. The highest BCUT2D eigenvalue weighted by atomic mass is 16.2. The minimum Gasteiger partial charge on any atom is -0.396 e. The third kappa shape index (κ3) is 3.96. The van der Waals surface area contributed by atoms with Crippen LogP contribution in [0.5, 0.6) is 0 Å². The van der Waals surface area contributed by atoms with E-state index in [9.17, 15) is 4.79 Å². The number of nitrogens with two attached hydrogens (primary N) is 1. The molecule has 2 N–H and O–H groups in total. The number of hydrogen-bond donors (Lipinski definition) is 1. The number of nitrogen functional groups attached to an aromatic ring is 1. The van der Waals surface area contributed by atoms with Crippen molar-refractivity contribution in [3.63, 3.8) is 0 Å². The van der Waals surface area contributed by atoms with E-state index in [1.54, 1.807) is 17.1 Å². The lowest BCUT2D eigenvalue weighted by Gasteiger charge is -2.30. The Kier molecular flexibility index (Phi) is 5.00. The van der Waals surface area contributed by atoms with Crippen LogP contribution in [-0.4, -0.2) is 58.7 Å². The molecule has 0 bridgehead atoms. The van der Waals surface area contributed by atoms with Crippen LogP contribution in [0.2, 0.25) is 0 Å². The Hall–Kier alpha value is -1.56. The Bertz CT molecular complexity index is 437. The van der Waals surface area contributed by atoms with Crippen LogP contribution in [0, 0.1) is 0 Å². The fourth-order valence-electron chi connectivity index (χ4n) is 2.73. The van der Waals surface area contributed by atoms with Crippen molar-refractivity contribution in [2.75, 3.05) is 32.9 Å². The van der Waals surface area contributed by atoms with Crippen LogP contribution in [-0.2, 0) is 11.3 Å². The van der Waals surface area contributed by atoms with Crippen molar-refractivity contribution >= 4 is 11.6 Å². The maximum Gasteiger partial charge on any atom is 0.244 e. The van der Waals surface area contributed by atoms with E-state index < -0.39 is 0 Å². The number of hydrogen-bond acceptors (Lipinski definition) is 4. The second-order valence-electron chi connectivity index (χ2n) is 5.80. The summed E-state index contributed by atoms with van der Waals surface area (Å²) in [7, 11) is 4.07. The molecule has 20 heavy (non-hydrogen) atoms. The first-order chi connectivity index (χ1) is 9.56. The first-order valence-electron chi connectivity index (χ1n) is 7.28. The zero-order valence-corrected chi connectivity index (χ0v) is 12.5. The molecule has 1 aliphatic carbocycles. The largest absolute Gasteiger partial charge is 0.396 e. The first-order valence-corrected chi connectivity index (χ1v) is 7.28. The van der Waals surface area contributed by atoms with Crippen LogP contribution in [0.1, 0.15) is 25.7 Å². The fraction of sp³-hybridized carbons (Fsp3) is 0.714. The van der Waals surface area contributed by atoms with Crippen LogP contribution in [0.25, 0.3) is 0 Å². The maximum atomic E-state index is 12.5. The van der Waals surface area contributed by atoms with Crippen molar-refractivity contribution in [2.45, 2.75) is 38.3 Å². The number of carbonyl (C=O) groups excluding carboxylic acids is 1. The average molecular weight is 279 g/mol. The molecule has 0 spiro atoms. The first kappa shape index (κ1) is 14.8. The number of nitrogens with zero attached hydrogens (tertiary/aromatic N) is 4. The highest BCUT2D eigenvalue weighted by Crippen LogP contribution is 2.23. The van der Waals surface area contributed by atoms with Gasteiger partial charge in [-0.2, -0.15) is 5.10 Å². The van der Waals surface area contributed by atoms with Crippen LogP contribution < -0.4 is 5.73 Å². The summed E-state index contributed by atoms with van der Waals surface area (Å²) in [6, 6.07) is 0.398. The van der Waals surface area contributed by atoms with E-state index in [4.69, 9.17) is 5.73 Å². The zero-order valence-electron chi connectivity index (χ0n) is 12.5. The van der Waals surface area contributed by atoms with Gasteiger partial charge in [-0.05, 0) is 26.9 Å². The van der Waals surface area contributed by atoms with Crippen molar-refractivity contribution < 1.29 is 4.79 Å². The summed E-state index contributed by atoms with van der Waals surface area (Å²) in [4.78, 5) is 16.7. The van der Waals surface area contributed by atoms with E-state index in [2.05, 4.69) is 10.00 Å². The molecule has 0 radical (unpaired) electrons. The molecule has 1 aliphatic rings. The number of carbonyl (C=O) groups is 1. The fourth-order valence-corrected chi connectivity index (χ4v) is 2.73. The average Bonchev–Trinajstić information content (AvgIpc) is 3.01. The molecule has 6 heteroatoms. The molecule has 1 saturated carbocycles. The lowest BCUT2D eigenvalue weighted by molar-refractivity contribution is -0.134. The molecule has 1 heterocycles. The molecule has 112 valence electrons. The molecule has 1 amide bonds. The van der Waals surface area contributed by atoms with E-state index in [-0.39, 0.29) is 12.5 Å². The highest BCUT2D eigenvalue weighted by Gasteiger charge is 2.26. The van der Waals surface area contributed by atoms with Gasteiger partial charge in [0.25, 0.3) is 0 Å². The molecular weight excluding hydrogens is 254 g/mol. The van der Waals surface area contributed by atoms with Crippen molar-refractivity contribution in [3.05, 3.63) is 12.4 Å². The van der Waals surface area contributed by atoms with Crippen LogP contribution in [0.15, 0.2) is 12.4 Å². The summed E-state index contributed by atoms with van der Waals surface area (Å²) in [6.07, 6.45) is 7.99. The van der Waals surface area contributed by atoms with Gasteiger partial charge in [-0.25, -0.2) is 0 Å². The minimum absolute atomic E-state index is 0.141. The predicted molar refractivity (Wildman–Crippen MR) is 79.2 cm³/mol. The summed E-state index contributed by atoms with van der Waals surface area (Å²) in [5.41, 5.74) is 6.23. The van der Waals surface area contributed by atoms with Crippen molar-refractivity contribution in [2.24, 2.45) is 0 Å². The Labute approximate surface area is 120 Å². The number of amides is 1. The smallest absolute Gasteiger partial charge is 0.244 e. The van der Waals surface area contributed by atoms with Gasteiger partial charge >= 0.3 is 0 Å². The van der Waals surface area contributed by atoms with Crippen molar-refractivity contribution in [1.82, 2.24) is 19.6 Å². The molecule has 0 unspecified atom stereocenters. The predicted octanol–water partition coefficient (Wildman–Crippen LogP) is 0.798. The molecule has 0 aromatic carbocycles. The van der Waals surface area contributed by atoms with Gasteiger partial charge in [0.1, 0.15) is 6.54 Å². The number of anilines is 1. The normalized spacial score (nSPS) is 15.9. The van der Waals surface area contributed by atoms with Gasteiger partial charge in [-0.1, -0.05) is 12.8 Å². The Morgan fingerprint density at radius 3 is 2.65 bits per heavy atom. The molecule has 6 nitrogen and oxygen atoms in total. The van der Waals surface area contributed by atoms with Crippen LogP contribution in [0.4, 0.5) is 5.69 Å². The summed E-state index contributed by atoms with van der Waals surface area (Å²) in [5, 5.41) is 4.09. The zero-order chi connectivity index (χ0) is 14.5. The molecule has 0 saturated heterocycles. The van der Waals surface area contributed by atoms with Crippen LogP contribution >= 0.6 is 0 Å². The second kappa shape index (κ2) is 6.74. The summed E-state index contributed by atoms with van der Waals surface area (Å²) < 4.78 is 1.62. The quantitative estimate of drug-likeness (QED) is 0.836. The third-order valence-electron chi connectivity index (χ3n) is 3.82. The van der Waals surface area contributed by atoms with Crippen LogP contribution in [0.3, 0.4) is 0 Å². The molecule has 0 atom stereocenters. The Morgan fingerprint density at radius 2 is 2.10 bits per heavy atom. The van der Waals surface area contributed by atoms with Gasteiger partial charge in [0.2, 0.25) is 5.91 Å². The molecule has 1 fully saturated rings. The standard InChI is InChI=1S/C14H25N5O/c1-17(2)7-8-19(13-5-3-4-6-13)14(20)11-18-10-12(15)9-16-18/h9-10,13H,3-8,11,15H2,1-2H3. The van der Waals surface area contributed by atoms with Crippen molar-refractivity contribution in [1.29, 1.82) is 0 Å². The van der Waals surface area contributed by atoms with Gasteiger partial charge in [0.05, 0.1) is 11.9 Å². The molecule has 1 aromatic rings. The summed E-state index contributed by atoms with van der Waals surface area (Å²) in [5.74, 6) is 0.141. The monoisotopic (exact) mass is 279 g/mol. The molecule has 0 aliphatic heterocycles. The van der Waals surface area contributed by atoms with Gasteiger partial charge < -0.3 is 15.5 Å². The van der Waals surface area contributed by atoms with E-state index in [1.165, 1.54) is 12.8 Å². The second-order valence-corrected chi connectivity index (χ2v) is 5.80. The number of aromatic nitrogens is 2. The molecule has 1 aromatic heterocycles. The lowest BCUT2D eigenvalue weighted by Crippen LogP contribution is -2.44. The molecule has 2 rings (SSSR count). The summed E-state index contributed by atoms with van der Waals surface area (Å²) >= 11 is 0. The Balaban J connectivity index is 1.98. The Morgan fingerprint density at radius 1 is 1.40 bits per heavy atom. The van der Waals surface area contributed by atoms with Gasteiger partial charge in [-0.3, -0.25) is 9.48 Å². The minimum atomic E-state index is 0.141. The van der Waals surface area contributed by atoms with Gasteiger partial charge in [-0.15, -0.1) is 0 Å². The van der Waals surface area contributed by atoms with Gasteiger partial charge in [0.15, 0.2) is 0 Å². The van der Waals surface area contributed by atoms with E-state index in [0.29, 0.717) is 11.7 Å². The molecular formula is C14H25N5O. The van der Waals surface area contributed by atoms with E-state index >= 15 is 0 Å². The van der Waals surface area contributed by atoms with Crippen molar-refractivity contribution in [3.8, 4) is 0 Å². The number of likely N-dealkylation sites (N-methyl/N-ethyl adjacent to an activating group) is 1. The van der Waals surface area contributed by atoms with E-state index in [1.807, 2.05) is 19.0 Å². The van der Waals surface area contributed by atoms with E-state index in [0.717, 1.165) is 25.9 Å². The third-order valence-corrected chi connectivity index (χ3v) is 3.82. The topological polar surface area (TPSA) is 67.4 Å².